The molecule has 0 spiro atoms. The first-order valence-electron chi connectivity index (χ1n) is 7.62. The van der Waals surface area contributed by atoms with Crippen molar-refractivity contribution >= 4 is 17.6 Å². The average molecular weight is 344 g/mol. The average Bonchev–Trinajstić information content (AvgIpc) is 3.28. The Bertz CT molecular complexity index is 852. The zero-order chi connectivity index (χ0) is 18.2. The highest BCUT2D eigenvalue weighted by Crippen LogP contribution is 2.45. The van der Waals surface area contributed by atoms with Crippen molar-refractivity contribution in [1.82, 2.24) is 15.1 Å². The third kappa shape index (κ3) is 3.21. The fourth-order valence-corrected chi connectivity index (χ4v) is 2.57. The van der Waals surface area contributed by atoms with Gasteiger partial charge in [0.15, 0.2) is 0 Å². The van der Waals surface area contributed by atoms with Crippen molar-refractivity contribution in [3.8, 4) is 11.3 Å². The van der Waals surface area contributed by atoms with Crippen molar-refractivity contribution in [3.63, 3.8) is 0 Å². The van der Waals surface area contributed by atoms with Crippen LogP contribution >= 0.6 is 0 Å². The molecule has 2 N–H and O–H groups in total. The van der Waals surface area contributed by atoms with Crippen molar-refractivity contribution in [2.75, 3.05) is 6.54 Å². The number of carboxylic acids is 1. The zero-order valence-electron chi connectivity index (χ0n) is 13.4. The number of hydrogen-bond donors (Lipinski definition) is 2. The molecule has 2 aromatic rings. The standard InChI is InChI=1S/C16H16N4O5/c1-19-8-12(14(21)17-9-16(6-7-16)15(22)23)13(18-19)10-2-4-11(5-3-10)20(24)25/h2-5,8H,6-7,9H2,1H3,(H,17,21)(H,22,23). The van der Waals surface area contributed by atoms with E-state index in [1.165, 1.54) is 35.1 Å². The van der Waals surface area contributed by atoms with Gasteiger partial charge < -0.3 is 10.4 Å². The number of nitro benzene ring substituents is 1. The molecular formula is C16H16N4O5. The van der Waals surface area contributed by atoms with Crippen LogP contribution in [0, 0.1) is 15.5 Å². The minimum absolute atomic E-state index is 0.0529. The van der Waals surface area contributed by atoms with Gasteiger partial charge in [-0.15, -0.1) is 0 Å². The lowest BCUT2D eigenvalue weighted by Crippen LogP contribution is -2.34. The number of nitro groups is 1. The summed E-state index contributed by atoms with van der Waals surface area (Å²) in [5, 5.41) is 26.8. The molecule has 0 saturated heterocycles. The fourth-order valence-electron chi connectivity index (χ4n) is 2.57. The summed E-state index contributed by atoms with van der Waals surface area (Å²) in [5.74, 6) is -1.33. The predicted octanol–water partition coefficient (Wildman–Crippen LogP) is 1.59. The van der Waals surface area contributed by atoms with Gasteiger partial charge in [0.2, 0.25) is 0 Å². The Morgan fingerprint density at radius 3 is 2.52 bits per heavy atom. The van der Waals surface area contributed by atoms with Gasteiger partial charge in [0.25, 0.3) is 11.6 Å². The zero-order valence-corrected chi connectivity index (χ0v) is 13.4. The number of aryl methyl sites for hydroxylation is 1. The molecule has 1 aromatic carbocycles. The molecule has 1 saturated carbocycles. The quantitative estimate of drug-likeness (QED) is 0.605. The van der Waals surface area contributed by atoms with E-state index in [0.29, 0.717) is 24.1 Å². The molecule has 1 fully saturated rings. The fraction of sp³-hybridized carbons (Fsp3) is 0.312. The van der Waals surface area contributed by atoms with Gasteiger partial charge >= 0.3 is 5.97 Å². The summed E-state index contributed by atoms with van der Waals surface area (Å²) in [6.07, 6.45) is 2.63. The van der Waals surface area contributed by atoms with Crippen molar-refractivity contribution in [2.45, 2.75) is 12.8 Å². The largest absolute Gasteiger partial charge is 0.481 e. The second kappa shape index (κ2) is 6.00. The lowest BCUT2D eigenvalue weighted by molar-refractivity contribution is -0.384. The van der Waals surface area contributed by atoms with Gasteiger partial charge in [0, 0.05) is 37.5 Å². The molecule has 0 radical (unpaired) electrons. The van der Waals surface area contributed by atoms with E-state index in [2.05, 4.69) is 10.4 Å². The van der Waals surface area contributed by atoms with Crippen LogP contribution in [0.2, 0.25) is 0 Å². The number of nitrogens with zero attached hydrogens (tertiary/aromatic N) is 3. The minimum Gasteiger partial charge on any atom is -0.481 e. The molecule has 3 rings (SSSR count). The topological polar surface area (TPSA) is 127 Å². The second-order valence-corrected chi connectivity index (χ2v) is 6.14. The maximum atomic E-state index is 12.5. The van der Waals surface area contributed by atoms with Gasteiger partial charge in [-0.1, -0.05) is 0 Å². The molecule has 0 aliphatic heterocycles. The van der Waals surface area contributed by atoms with Crippen LogP contribution in [0.5, 0.6) is 0 Å². The number of aromatic nitrogens is 2. The molecule has 9 heteroatoms. The normalized spacial score (nSPS) is 14.8. The lowest BCUT2D eigenvalue weighted by atomic mass is 10.1. The summed E-state index contributed by atoms with van der Waals surface area (Å²) < 4.78 is 1.47. The van der Waals surface area contributed by atoms with Crippen molar-refractivity contribution in [2.24, 2.45) is 12.5 Å². The summed E-state index contributed by atoms with van der Waals surface area (Å²) in [6.45, 7) is 0.0652. The Balaban J connectivity index is 1.82. The van der Waals surface area contributed by atoms with E-state index >= 15 is 0 Å². The van der Waals surface area contributed by atoms with Crippen molar-refractivity contribution < 1.29 is 19.6 Å². The lowest BCUT2D eigenvalue weighted by Gasteiger charge is -2.11. The molecule has 0 bridgehead atoms. The van der Waals surface area contributed by atoms with E-state index in [9.17, 15) is 24.8 Å². The third-order valence-corrected chi connectivity index (χ3v) is 4.32. The van der Waals surface area contributed by atoms with Crippen molar-refractivity contribution in [3.05, 3.63) is 46.1 Å². The number of rotatable bonds is 6. The number of carbonyl (C=O) groups is 2. The molecule has 1 aromatic heterocycles. The third-order valence-electron chi connectivity index (χ3n) is 4.32. The monoisotopic (exact) mass is 344 g/mol. The van der Waals surface area contributed by atoms with Crippen LogP contribution in [0.25, 0.3) is 11.3 Å². The smallest absolute Gasteiger partial charge is 0.311 e. The number of amides is 1. The van der Waals surface area contributed by atoms with E-state index in [4.69, 9.17) is 0 Å². The SMILES string of the molecule is Cn1cc(C(=O)NCC2(C(=O)O)CC2)c(-c2ccc([N+](=O)[O-])cc2)n1. The van der Waals surface area contributed by atoms with E-state index in [0.717, 1.165) is 0 Å². The van der Waals surface area contributed by atoms with Crippen LogP contribution in [0.15, 0.2) is 30.5 Å². The highest BCUT2D eigenvalue weighted by atomic mass is 16.6. The van der Waals surface area contributed by atoms with E-state index in [1.807, 2.05) is 0 Å². The van der Waals surface area contributed by atoms with Crippen LogP contribution < -0.4 is 5.32 Å². The maximum absolute atomic E-state index is 12.5. The Labute approximate surface area is 142 Å². The number of benzene rings is 1. The first kappa shape index (κ1) is 16.6. The van der Waals surface area contributed by atoms with Gasteiger partial charge in [0.1, 0.15) is 5.69 Å². The number of nitrogens with one attached hydrogen (secondary N) is 1. The maximum Gasteiger partial charge on any atom is 0.311 e. The van der Waals surface area contributed by atoms with Crippen molar-refractivity contribution in [1.29, 1.82) is 0 Å². The molecule has 1 aliphatic carbocycles. The minimum atomic E-state index is -0.908. The van der Waals surface area contributed by atoms with E-state index in [-0.39, 0.29) is 17.8 Å². The van der Waals surface area contributed by atoms with Crippen LogP contribution in [0.3, 0.4) is 0 Å². The Morgan fingerprint density at radius 1 is 1.36 bits per heavy atom. The molecule has 1 amide bonds. The van der Waals surface area contributed by atoms with Gasteiger partial charge in [-0.2, -0.15) is 5.10 Å². The van der Waals surface area contributed by atoms with Gasteiger partial charge in [-0.25, -0.2) is 0 Å². The molecular weight excluding hydrogens is 328 g/mol. The highest BCUT2D eigenvalue weighted by molar-refractivity contribution is 6.00. The molecule has 0 atom stereocenters. The number of aliphatic carboxylic acids is 1. The first-order chi connectivity index (χ1) is 11.8. The van der Waals surface area contributed by atoms with Gasteiger partial charge in [-0.05, 0) is 25.0 Å². The van der Waals surface area contributed by atoms with Crippen LogP contribution in [0.1, 0.15) is 23.2 Å². The van der Waals surface area contributed by atoms with Gasteiger partial charge in [0.05, 0.1) is 15.9 Å². The van der Waals surface area contributed by atoms with Gasteiger partial charge in [-0.3, -0.25) is 24.4 Å². The van der Waals surface area contributed by atoms with Crippen LogP contribution in [-0.2, 0) is 11.8 Å². The molecule has 0 unspecified atom stereocenters. The number of carbonyl (C=O) groups excluding carboxylic acids is 1. The molecule has 25 heavy (non-hydrogen) atoms. The highest BCUT2D eigenvalue weighted by Gasteiger charge is 2.50. The van der Waals surface area contributed by atoms with E-state index in [1.54, 1.807) is 7.05 Å². The predicted molar refractivity (Wildman–Crippen MR) is 86.9 cm³/mol. The molecule has 1 heterocycles. The molecule has 130 valence electrons. The Hall–Kier alpha value is -3.23. The molecule has 1 aliphatic rings. The summed E-state index contributed by atoms with van der Waals surface area (Å²) in [5.41, 5.74) is 0.330. The summed E-state index contributed by atoms with van der Waals surface area (Å²) in [7, 11) is 1.66. The Kier molecular flexibility index (Phi) is 3.99. The molecule has 9 nitrogen and oxygen atoms in total. The van der Waals surface area contributed by atoms with Crippen LogP contribution in [-0.4, -0.2) is 38.2 Å². The number of non-ortho nitro benzene ring substituents is 1. The summed E-state index contributed by atoms with van der Waals surface area (Å²) in [6, 6.07) is 5.73. The summed E-state index contributed by atoms with van der Waals surface area (Å²) >= 11 is 0. The number of carboxylic acid groups (broad SMARTS) is 1. The van der Waals surface area contributed by atoms with Crippen LogP contribution in [0.4, 0.5) is 5.69 Å². The Morgan fingerprint density at radius 2 is 2.00 bits per heavy atom. The van der Waals surface area contributed by atoms with E-state index < -0.39 is 22.2 Å². The first-order valence-corrected chi connectivity index (χ1v) is 7.62. The number of hydrogen-bond acceptors (Lipinski definition) is 5. The second-order valence-electron chi connectivity index (χ2n) is 6.14. The summed E-state index contributed by atoms with van der Waals surface area (Å²) in [4.78, 5) is 33.9.